The second-order valence-corrected chi connectivity index (χ2v) is 4.40. The highest BCUT2D eigenvalue weighted by molar-refractivity contribution is 5.98. The predicted molar refractivity (Wildman–Crippen MR) is 59.7 cm³/mol. The summed E-state index contributed by atoms with van der Waals surface area (Å²) in [5.74, 6) is -0.568. The van der Waals surface area contributed by atoms with Crippen LogP contribution in [0, 0.1) is 5.92 Å². The van der Waals surface area contributed by atoms with E-state index in [1.54, 1.807) is 0 Å². The fourth-order valence-corrected chi connectivity index (χ4v) is 1.99. The van der Waals surface area contributed by atoms with Gasteiger partial charge in [0.1, 0.15) is 5.75 Å². The van der Waals surface area contributed by atoms with Crippen LogP contribution in [0.25, 0.3) is 0 Å². The van der Waals surface area contributed by atoms with Crippen LogP contribution in [0.2, 0.25) is 0 Å². The Kier molecular flexibility index (Phi) is 3.32. The lowest BCUT2D eigenvalue weighted by Crippen LogP contribution is -2.22. The molecule has 18 heavy (non-hydrogen) atoms. The second-order valence-electron chi connectivity index (χ2n) is 4.40. The zero-order valence-corrected chi connectivity index (χ0v) is 9.88. The molecule has 0 atom stereocenters. The van der Waals surface area contributed by atoms with Crippen LogP contribution >= 0.6 is 0 Å². The normalized spacial score (nSPS) is 16.2. The summed E-state index contributed by atoms with van der Waals surface area (Å²) >= 11 is 0. The van der Waals surface area contributed by atoms with E-state index >= 15 is 0 Å². The van der Waals surface area contributed by atoms with E-state index in [1.807, 2.05) is 0 Å². The van der Waals surface area contributed by atoms with E-state index in [0.717, 1.165) is 25.3 Å². The molecule has 0 aromatic heterocycles. The van der Waals surface area contributed by atoms with Crippen LogP contribution in [0.3, 0.4) is 0 Å². The molecule has 1 aliphatic carbocycles. The standard InChI is InChI=1S/C13H13F3O2/c1-18-11-6-5-9(7-10(11)13(14,15)16)12(17)8-3-2-4-8/h5-8H,2-4H2,1H3. The van der Waals surface area contributed by atoms with E-state index in [9.17, 15) is 18.0 Å². The number of carbonyl (C=O) groups is 1. The summed E-state index contributed by atoms with van der Waals surface area (Å²) in [5.41, 5.74) is -0.775. The Morgan fingerprint density at radius 1 is 1.33 bits per heavy atom. The molecule has 0 spiro atoms. The minimum Gasteiger partial charge on any atom is -0.496 e. The average molecular weight is 258 g/mol. The zero-order chi connectivity index (χ0) is 13.3. The molecule has 2 nitrogen and oxygen atoms in total. The number of rotatable bonds is 3. The van der Waals surface area contributed by atoms with Crippen molar-refractivity contribution >= 4 is 5.78 Å². The van der Waals surface area contributed by atoms with Gasteiger partial charge in [-0.15, -0.1) is 0 Å². The fraction of sp³-hybridized carbons (Fsp3) is 0.462. The van der Waals surface area contributed by atoms with Gasteiger partial charge in [-0.05, 0) is 31.0 Å². The maximum atomic E-state index is 12.8. The van der Waals surface area contributed by atoms with E-state index < -0.39 is 11.7 Å². The molecule has 98 valence electrons. The smallest absolute Gasteiger partial charge is 0.419 e. The lowest BCUT2D eigenvalue weighted by atomic mass is 9.80. The van der Waals surface area contributed by atoms with E-state index in [1.165, 1.54) is 19.2 Å². The van der Waals surface area contributed by atoms with Crippen molar-refractivity contribution in [2.75, 3.05) is 7.11 Å². The molecule has 0 radical (unpaired) electrons. The molecule has 0 N–H and O–H groups in total. The molecular formula is C13H13F3O2. The van der Waals surface area contributed by atoms with Crippen molar-refractivity contribution in [3.63, 3.8) is 0 Å². The first kappa shape index (κ1) is 12.9. The van der Waals surface area contributed by atoms with E-state index in [4.69, 9.17) is 0 Å². The molecule has 1 fully saturated rings. The van der Waals surface area contributed by atoms with Crippen LogP contribution in [-0.4, -0.2) is 12.9 Å². The van der Waals surface area contributed by atoms with Crippen molar-refractivity contribution in [2.24, 2.45) is 5.92 Å². The molecule has 0 unspecified atom stereocenters. The number of halogens is 3. The minimum atomic E-state index is -4.51. The van der Waals surface area contributed by atoms with Crippen molar-refractivity contribution in [1.29, 1.82) is 0 Å². The number of ether oxygens (including phenoxy) is 1. The van der Waals surface area contributed by atoms with Gasteiger partial charge >= 0.3 is 6.18 Å². The third-order valence-corrected chi connectivity index (χ3v) is 3.27. The lowest BCUT2D eigenvalue weighted by molar-refractivity contribution is -0.138. The summed E-state index contributed by atoms with van der Waals surface area (Å²) in [5, 5.41) is 0. The molecule has 1 saturated carbocycles. The maximum absolute atomic E-state index is 12.8. The predicted octanol–water partition coefficient (Wildman–Crippen LogP) is 3.70. The number of hydrogen-bond acceptors (Lipinski definition) is 2. The summed E-state index contributed by atoms with van der Waals surface area (Å²) in [6.07, 6.45) is -2.00. The van der Waals surface area contributed by atoms with Gasteiger partial charge in [-0.3, -0.25) is 4.79 Å². The highest BCUT2D eigenvalue weighted by Gasteiger charge is 2.36. The van der Waals surface area contributed by atoms with E-state index in [-0.39, 0.29) is 23.0 Å². The van der Waals surface area contributed by atoms with Crippen LogP contribution in [0.1, 0.15) is 35.2 Å². The quantitative estimate of drug-likeness (QED) is 0.773. The first-order chi connectivity index (χ1) is 8.43. The summed E-state index contributed by atoms with van der Waals surface area (Å²) in [6, 6.07) is 3.49. The monoisotopic (exact) mass is 258 g/mol. The average Bonchev–Trinajstić information content (AvgIpc) is 2.24. The van der Waals surface area contributed by atoms with Gasteiger partial charge in [0.25, 0.3) is 0 Å². The topological polar surface area (TPSA) is 26.3 Å². The molecule has 0 bridgehead atoms. The summed E-state index contributed by atoms with van der Waals surface area (Å²) < 4.78 is 43.0. The van der Waals surface area contributed by atoms with Crippen LogP contribution in [-0.2, 0) is 6.18 Å². The van der Waals surface area contributed by atoms with Gasteiger partial charge < -0.3 is 4.74 Å². The van der Waals surface area contributed by atoms with Crippen LogP contribution in [0.4, 0.5) is 13.2 Å². The van der Waals surface area contributed by atoms with Crippen molar-refractivity contribution < 1.29 is 22.7 Å². The van der Waals surface area contributed by atoms with Gasteiger partial charge in [0.05, 0.1) is 12.7 Å². The molecule has 1 aromatic rings. The van der Waals surface area contributed by atoms with Crippen LogP contribution in [0.15, 0.2) is 18.2 Å². The van der Waals surface area contributed by atoms with Crippen molar-refractivity contribution in [3.8, 4) is 5.75 Å². The molecule has 0 saturated heterocycles. The van der Waals surface area contributed by atoms with Crippen LogP contribution < -0.4 is 4.74 Å². The minimum absolute atomic E-state index is 0.112. The Hall–Kier alpha value is -1.52. The lowest BCUT2D eigenvalue weighted by Gasteiger charge is -2.24. The van der Waals surface area contributed by atoms with Crippen molar-refractivity contribution in [1.82, 2.24) is 0 Å². The molecule has 0 heterocycles. The van der Waals surface area contributed by atoms with Gasteiger partial charge in [0, 0.05) is 11.5 Å². The summed E-state index contributed by atoms with van der Waals surface area (Å²) in [7, 11) is 1.18. The van der Waals surface area contributed by atoms with Crippen molar-refractivity contribution in [3.05, 3.63) is 29.3 Å². The summed E-state index contributed by atoms with van der Waals surface area (Å²) in [6.45, 7) is 0. The van der Waals surface area contributed by atoms with E-state index in [0.29, 0.717) is 0 Å². The van der Waals surface area contributed by atoms with Gasteiger partial charge in [0.15, 0.2) is 5.78 Å². The zero-order valence-electron chi connectivity index (χ0n) is 9.88. The third kappa shape index (κ3) is 2.35. The number of methoxy groups -OCH3 is 1. The molecule has 5 heteroatoms. The number of carbonyl (C=O) groups excluding carboxylic acids is 1. The fourth-order valence-electron chi connectivity index (χ4n) is 1.99. The van der Waals surface area contributed by atoms with E-state index in [2.05, 4.69) is 4.74 Å². The van der Waals surface area contributed by atoms with Gasteiger partial charge in [0.2, 0.25) is 0 Å². The molecular weight excluding hydrogens is 245 g/mol. The Morgan fingerprint density at radius 2 is 2.00 bits per heavy atom. The van der Waals surface area contributed by atoms with Gasteiger partial charge in [-0.2, -0.15) is 13.2 Å². The number of benzene rings is 1. The molecule has 0 aliphatic heterocycles. The number of alkyl halides is 3. The molecule has 1 aromatic carbocycles. The molecule has 2 rings (SSSR count). The largest absolute Gasteiger partial charge is 0.496 e. The molecule has 0 amide bonds. The van der Waals surface area contributed by atoms with Gasteiger partial charge in [-0.25, -0.2) is 0 Å². The number of ketones is 1. The first-order valence-corrected chi connectivity index (χ1v) is 5.73. The first-order valence-electron chi connectivity index (χ1n) is 5.73. The second kappa shape index (κ2) is 4.63. The van der Waals surface area contributed by atoms with Crippen molar-refractivity contribution in [2.45, 2.75) is 25.4 Å². The molecule has 1 aliphatic rings. The number of hydrogen-bond donors (Lipinski definition) is 0. The number of Topliss-reactive ketones (excluding diaryl/α,β-unsaturated/α-hetero) is 1. The summed E-state index contributed by atoms with van der Waals surface area (Å²) in [4.78, 5) is 11.9. The Labute approximate surface area is 103 Å². The SMILES string of the molecule is COc1ccc(C(=O)C2CCC2)cc1C(F)(F)F. The van der Waals surface area contributed by atoms with Gasteiger partial charge in [-0.1, -0.05) is 6.42 Å². The Balaban J connectivity index is 2.36. The Morgan fingerprint density at radius 3 is 2.44 bits per heavy atom. The highest BCUT2D eigenvalue weighted by atomic mass is 19.4. The third-order valence-electron chi connectivity index (χ3n) is 3.27. The maximum Gasteiger partial charge on any atom is 0.419 e. The highest BCUT2D eigenvalue weighted by Crippen LogP contribution is 2.38. The van der Waals surface area contributed by atoms with Crippen LogP contribution in [0.5, 0.6) is 5.75 Å². The Bertz CT molecular complexity index is 462.